The molecule has 2 aliphatic rings. The molecule has 7 nitrogen and oxygen atoms in total. The van der Waals surface area contributed by atoms with Crippen molar-refractivity contribution >= 4 is 11.8 Å². The second kappa shape index (κ2) is 6.32. The summed E-state index contributed by atoms with van der Waals surface area (Å²) < 4.78 is 5.58. The van der Waals surface area contributed by atoms with E-state index in [4.69, 9.17) is 4.74 Å². The third-order valence-electron chi connectivity index (χ3n) is 3.89. The van der Waals surface area contributed by atoms with E-state index in [0.29, 0.717) is 5.95 Å². The van der Waals surface area contributed by atoms with Gasteiger partial charge in [0, 0.05) is 39.3 Å². The van der Waals surface area contributed by atoms with E-state index in [9.17, 15) is 0 Å². The first-order valence-corrected chi connectivity index (χ1v) is 7.30. The van der Waals surface area contributed by atoms with Crippen molar-refractivity contribution in [1.82, 2.24) is 20.1 Å². The van der Waals surface area contributed by atoms with E-state index in [0.717, 1.165) is 58.0 Å². The van der Waals surface area contributed by atoms with Gasteiger partial charge in [-0.25, -0.2) is 0 Å². The number of likely N-dealkylation sites (N-methyl/N-ethyl adjacent to an activating group) is 1. The number of piperazine rings is 1. The van der Waals surface area contributed by atoms with E-state index in [-0.39, 0.29) is 6.10 Å². The third-order valence-corrected chi connectivity index (χ3v) is 3.89. The highest BCUT2D eigenvalue weighted by atomic mass is 16.5. The van der Waals surface area contributed by atoms with Crippen LogP contribution in [0, 0.1) is 0 Å². The van der Waals surface area contributed by atoms with Crippen LogP contribution in [0.15, 0.2) is 6.20 Å². The van der Waals surface area contributed by atoms with Crippen LogP contribution in [0.1, 0.15) is 12.8 Å². The van der Waals surface area contributed by atoms with Gasteiger partial charge in [0.2, 0.25) is 5.95 Å². The van der Waals surface area contributed by atoms with Crippen LogP contribution in [-0.4, -0.2) is 72.6 Å². The summed E-state index contributed by atoms with van der Waals surface area (Å²) >= 11 is 0. The predicted octanol–water partition coefficient (Wildman–Crippen LogP) is 0.214. The van der Waals surface area contributed by atoms with Gasteiger partial charge in [-0.2, -0.15) is 10.1 Å². The molecule has 7 heteroatoms. The van der Waals surface area contributed by atoms with Crippen LogP contribution in [0.4, 0.5) is 11.8 Å². The van der Waals surface area contributed by atoms with Gasteiger partial charge in [-0.3, -0.25) is 0 Å². The van der Waals surface area contributed by atoms with Crippen molar-refractivity contribution in [2.75, 3.05) is 56.6 Å². The molecule has 110 valence electrons. The van der Waals surface area contributed by atoms with Gasteiger partial charge in [0.25, 0.3) is 0 Å². The third kappa shape index (κ3) is 3.34. The Bertz CT molecular complexity index is 429. The second-order valence-corrected chi connectivity index (χ2v) is 5.44. The van der Waals surface area contributed by atoms with E-state index >= 15 is 0 Å². The molecule has 1 aromatic rings. The number of nitrogens with zero attached hydrogens (tertiary/aromatic N) is 5. The maximum Gasteiger partial charge on any atom is 0.244 e. The van der Waals surface area contributed by atoms with Gasteiger partial charge >= 0.3 is 0 Å². The maximum atomic E-state index is 5.58. The lowest BCUT2D eigenvalue weighted by Gasteiger charge is -2.32. The lowest BCUT2D eigenvalue weighted by atomic mass is 10.2. The monoisotopic (exact) mass is 278 g/mol. The van der Waals surface area contributed by atoms with Gasteiger partial charge in [0.05, 0.1) is 12.3 Å². The average Bonchev–Trinajstić information content (AvgIpc) is 3.00. The van der Waals surface area contributed by atoms with Crippen molar-refractivity contribution in [3.8, 4) is 0 Å². The van der Waals surface area contributed by atoms with E-state index in [1.807, 2.05) is 0 Å². The summed E-state index contributed by atoms with van der Waals surface area (Å²) in [5.74, 6) is 1.50. The molecule has 20 heavy (non-hydrogen) atoms. The first-order valence-electron chi connectivity index (χ1n) is 7.30. The van der Waals surface area contributed by atoms with Crippen LogP contribution in [0.5, 0.6) is 0 Å². The fourth-order valence-electron chi connectivity index (χ4n) is 2.57. The Morgan fingerprint density at radius 1 is 1.35 bits per heavy atom. The maximum absolute atomic E-state index is 5.58. The number of hydrogen-bond donors (Lipinski definition) is 1. The largest absolute Gasteiger partial charge is 0.376 e. The lowest BCUT2D eigenvalue weighted by molar-refractivity contribution is 0.120. The highest BCUT2D eigenvalue weighted by molar-refractivity contribution is 5.40. The van der Waals surface area contributed by atoms with Crippen LogP contribution in [0.3, 0.4) is 0 Å². The average molecular weight is 278 g/mol. The van der Waals surface area contributed by atoms with Crippen LogP contribution in [0.2, 0.25) is 0 Å². The number of hydrogen-bond acceptors (Lipinski definition) is 7. The molecule has 0 aliphatic carbocycles. The van der Waals surface area contributed by atoms with Crippen molar-refractivity contribution in [3.63, 3.8) is 0 Å². The van der Waals surface area contributed by atoms with Crippen LogP contribution in [0.25, 0.3) is 0 Å². The summed E-state index contributed by atoms with van der Waals surface area (Å²) in [7, 11) is 2.14. The number of nitrogens with one attached hydrogen (secondary N) is 1. The highest BCUT2D eigenvalue weighted by Crippen LogP contribution is 2.15. The summed E-state index contributed by atoms with van der Waals surface area (Å²) in [5.41, 5.74) is 0. The van der Waals surface area contributed by atoms with E-state index in [1.165, 1.54) is 0 Å². The van der Waals surface area contributed by atoms with Crippen LogP contribution < -0.4 is 10.2 Å². The first kappa shape index (κ1) is 13.5. The van der Waals surface area contributed by atoms with Crippen LogP contribution in [-0.2, 0) is 4.74 Å². The van der Waals surface area contributed by atoms with Crippen molar-refractivity contribution in [1.29, 1.82) is 0 Å². The topological polar surface area (TPSA) is 66.4 Å². The van der Waals surface area contributed by atoms with Gasteiger partial charge in [-0.05, 0) is 19.9 Å². The summed E-state index contributed by atoms with van der Waals surface area (Å²) in [6.07, 6.45) is 4.28. The Balaban J connectivity index is 1.57. The molecule has 2 saturated heterocycles. The summed E-state index contributed by atoms with van der Waals surface area (Å²) in [6, 6.07) is 0. The molecule has 1 N–H and O–H groups in total. The zero-order valence-corrected chi connectivity index (χ0v) is 12.0. The minimum absolute atomic E-state index is 0.283. The smallest absolute Gasteiger partial charge is 0.244 e. The lowest BCUT2D eigenvalue weighted by Crippen LogP contribution is -2.45. The van der Waals surface area contributed by atoms with Crippen molar-refractivity contribution in [3.05, 3.63) is 6.20 Å². The Kier molecular flexibility index (Phi) is 4.27. The normalized spacial score (nSPS) is 24.1. The fraction of sp³-hybridized carbons (Fsp3) is 0.769. The van der Waals surface area contributed by atoms with E-state index in [1.54, 1.807) is 6.20 Å². The Morgan fingerprint density at radius 3 is 2.95 bits per heavy atom. The van der Waals surface area contributed by atoms with Gasteiger partial charge in [0.1, 0.15) is 0 Å². The highest BCUT2D eigenvalue weighted by Gasteiger charge is 2.18. The molecular formula is C13H22N6O. The number of anilines is 2. The number of ether oxygens (including phenoxy) is 1. The first-order chi connectivity index (χ1) is 9.81. The Hall–Kier alpha value is -1.47. The molecule has 1 atom stereocenters. The van der Waals surface area contributed by atoms with Crippen LogP contribution >= 0.6 is 0 Å². The zero-order valence-electron chi connectivity index (χ0n) is 12.0. The molecule has 0 spiro atoms. The molecule has 0 radical (unpaired) electrons. The standard InChI is InChI=1S/C13H22N6O/c1-18-4-6-19(7-5-18)12-10-15-17-13(16-12)14-9-11-3-2-8-20-11/h10-11H,2-9H2,1H3,(H,14,16,17). The molecule has 0 amide bonds. The molecular weight excluding hydrogens is 256 g/mol. The zero-order chi connectivity index (χ0) is 13.8. The van der Waals surface area contributed by atoms with Crippen molar-refractivity contribution < 1.29 is 4.74 Å². The van der Waals surface area contributed by atoms with E-state index in [2.05, 4.69) is 37.3 Å². The van der Waals surface area contributed by atoms with Gasteiger partial charge in [0.15, 0.2) is 5.82 Å². The second-order valence-electron chi connectivity index (χ2n) is 5.44. The molecule has 1 unspecified atom stereocenters. The van der Waals surface area contributed by atoms with E-state index < -0.39 is 0 Å². The minimum Gasteiger partial charge on any atom is -0.376 e. The molecule has 2 fully saturated rings. The van der Waals surface area contributed by atoms with Crippen molar-refractivity contribution in [2.45, 2.75) is 18.9 Å². The number of aromatic nitrogens is 3. The number of rotatable bonds is 4. The molecule has 3 rings (SSSR count). The quantitative estimate of drug-likeness (QED) is 0.844. The minimum atomic E-state index is 0.283. The fourth-order valence-corrected chi connectivity index (χ4v) is 2.57. The molecule has 0 bridgehead atoms. The molecule has 0 saturated carbocycles. The van der Waals surface area contributed by atoms with Gasteiger partial charge in [-0.1, -0.05) is 0 Å². The summed E-state index contributed by atoms with van der Waals surface area (Å²) in [5, 5.41) is 11.3. The van der Waals surface area contributed by atoms with Crippen molar-refractivity contribution in [2.24, 2.45) is 0 Å². The van der Waals surface area contributed by atoms with Gasteiger partial charge < -0.3 is 19.9 Å². The Labute approximate surface area is 119 Å². The van der Waals surface area contributed by atoms with Gasteiger partial charge in [-0.15, -0.1) is 5.10 Å². The molecule has 2 aliphatic heterocycles. The predicted molar refractivity (Wildman–Crippen MR) is 77.0 cm³/mol. The Morgan fingerprint density at radius 2 is 2.20 bits per heavy atom. The summed E-state index contributed by atoms with van der Waals surface area (Å²) in [4.78, 5) is 9.13. The molecule has 0 aromatic carbocycles. The molecule has 1 aromatic heterocycles. The molecule has 3 heterocycles. The SMILES string of the molecule is CN1CCN(c2cnnc(NCC3CCCO3)n2)CC1. The summed E-state index contributed by atoms with van der Waals surface area (Å²) in [6.45, 7) is 5.72.